The molecular weight excluding hydrogens is 388 g/mol. The number of carbonyl (C=O) groups is 2. The highest BCUT2D eigenvalue weighted by Crippen LogP contribution is 2.25. The van der Waals surface area contributed by atoms with Gasteiger partial charge in [-0.15, -0.1) is 11.3 Å². The molecule has 0 atom stereocenters. The summed E-state index contributed by atoms with van der Waals surface area (Å²) in [6, 6.07) is 5.99. The molecule has 1 N–H and O–H groups in total. The predicted octanol–water partition coefficient (Wildman–Crippen LogP) is 1.70. The van der Waals surface area contributed by atoms with Crippen molar-refractivity contribution in [3.8, 4) is 0 Å². The lowest BCUT2D eigenvalue weighted by molar-refractivity contribution is -0.117. The second-order valence-corrected chi connectivity index (χ2v) is 9.30. The van der Waals surface area contributed by atoms with Crippen molar-refractivity contribution in [2.24, 2.45) is 0 Å². The van der Waals surface area contributed by atoms with Gasteiger partial charge >= 0.3 is 0 Å². The summed E-state index contributed by atoms with van der Waals surface area (Å²) in [6.45, 7) is 0.667. The molecule has 0 radical (unpaired) electrons. The number of nitrogens with one attached hydrogen (secondary N) is 1. The third-order valence-corrected chi connectivity index (χ3v) is 6.84. The van der Waals surface area contributed by atoms with Gasteiger partial charge in [0.1, 0.15) is 0 Å². The summed E-state index contributed by atoms with van der Waals surface area (Å²) in [5.41, 5.74) is 1.10. The molecule has 1 aliphatic heterocycles. The smallest absolute Gasteiger partial charge is 0.242 e. The normalized spacial score (nSPS) is 14.8. The van der Waals surface area contributed by atoms with Gasteiger partial charge in [-0.3, -0.25) is 14.5 Å². The first-order valence-corrected chi connectivity index (χ1v) is 10.7. The fraction of sp³-hybridized carbons (Fsp3) is 0.353. The van der Waals surface area contributed by atoms with Crippen LogP contribution in [0.3, 0.4) is 0 Å². The van der Waals surface area contributed by atoms with Crippen molar-refractivity contribution in [1.82, 2.24) is 9.29 Å². The van der Waals surface area contributed by atoms with Crippen LogP contribution in [-0.4, -0.2) is 50.2 Å². The Balaban J connectivity index is 1.61. The van der Waals surface area contributed by atoms with Crippen LogP contribution in [0.5, 0.6) is 0 Å². The SMILES string of the molecule is CN(C)S(=O)(=O)c1ccc(NC(=O)Cc2csc(N3CCCC3=O)n2)cc1. The van der Waals surface area contributed by atoms with Gasteiger partial charge in [-0.1, -0.05) is 0 Å². The second kappa shape index (κ2) is 7.75. The molecule has 0 bridgehead atoms. The first-order chi connectivity index (χ1) is 12.8. The zero-order valence-corrected chi connectivity index (χ0v) is 16.6. The average molecular weight is 409 g/mol. The number of aromatic nitrogens is 1. The van der Waals surface area contributed by atoms with E-state index < -0.39 is 10.0 Å². The molecule has 0 aliphatic carbocycles. The van der Waals surface area contributed by atoms with Crippen LogP contribution < -0.4 is 10.2 Å². The molecule has 3 rings (SSSR count). The molecule has 2 amide bonds. The number of hydrogen-bond donors (Lipinski definition) is 1. The molecular formula is C17H20N4O4S2. The van der Waals surface area contributed by atoms with Crippen molar-refractivity contribution in [3.05, 3.63) is 35.3 Å². The fourth-order valence-electron chi connectivity index (χ4n) is 2.64. The molecule has 2 aromatic rings. The Hall–Kier alpha value is -2.30. The fourth-order valence-corrected chi connectivity index (χ4v) is 4.41. The maximum Gasteiger partial charge on any atom is 0.242 e. The Morgan fingerprint density at radius 1 is 1.30 bits per heavy atom. The topological polar surface area (TPSA) is 99.7 Å². The maximum atomic E-state index is 12.2. The van der Waals surface area contributed by atoms with Crippen molar-refractivity contribution >= 4 is 44.0 Å². The van der Waals surface area contributed by atoms with E-state index in [0.717, 1.165) is 10.7 Å². The number of anilines is 2. The summed E-state index contributed by atoms with van der Waals surface area (Å²) in [4.78, 5) is 30.1. The molecule has 1 aromatic heterocycles. The lowest BCUT2D eigenvalue weighted by Crippen LogP contribution is -2.23. The van der Waals surface area contributed by atoms with E-state index in [0.29, 0.717) is 29.5 Å². The Labute approximate surface area is 161 Å². The molecule has 10 heteroatoms. The van der Waals surface area contributed by atoms with Crippen LogP contribution in [0.2, 0.25) is 0 Å². The molecule has 1 aliphatic rings. The second-order valence-electron chi connectivity index (χ2n) is 6.31. The minimum absolute atomic E-state index is 0.0631. The van der Waals surface area contributed by atoms with E-state index in [9.17, 15) is 18.0 Å². The first kappa shape index (κ1) is 19.5. The van der Waals surface area contributed by atoms with Crippen molar-refractivity contribution in [2.75, 3.05) is 30.9 Å². The highest BCUT2D eigenvalue weighted by Gasteiger charge is 2.24. The molecule has 1 aromatic carbocycles. The summed E-state index contributed by atoms with van der Waals surface area (Å²) in [5, 5.41) is 5.12. The van der Waals surface area contributed by atoms with Crippen LogP contribution in [-0.2, 0) is 26.0 Å². The third kappa shape index (κ3) is 4.34. The highest BCUT2D eigenvalue weighted by molar-refractivity contribution is 7.89. The number of carbonyl (C=O) groups excluding carboxylic acids is 2. The number of sulfonamides is 1. The Morgan fingerprint density at radius 2 is 2.00 bits per heavy atom. The monoisotopic (exact) mass is 408 g/mol. The highest BCUT2D eigenvalue weighted by atomic mass is 32.2. The van der Waals surface area contributed by atoms with E-state index in [-0.39, 0.29) is 23.1 Å². The maximum absolute atomic E-state index is 12.2. The number of amides is 2. The summed E-state index contributed by atoms with van der Waals surface area (Å²) < 4.78 is 25.2. The van der Waals surface area contributed by atoms with Gasteiger partial charge in [-0.2, -0.15) is 0 Å². The zero-order valence-electron chi connectivity index (χ0n) is 15.0. The molecule has 8 nitrogen and oxygen atoms in total. The van der Waals surface area contributed by atoms with Gasteiger partial charge in [0.05, 0.1) is 17.0 Å². The van der Waals surface area contributed by atoms with Gasteiger partial charge < -0.3 is 5.32 Å². The first-order valence-electron chi connectivity index (χ1n) is 8.34. The van der Waals surface area contributed by atoms with E-state index in [1.165, 1.54) is 37.6 Å². The number of thiazole rings is 1. The van der Waals surface area contributed by atoms with E-state index >= 15 is 0 Å². The lowest BCUT2D eigenvalue weighted by atomic mass is 10.3. The van der Waals surface area contributed by atoms with Gasteiger partial charge in [-0.25, -0.2) is 17.7 Å². The zero-order chi connectivity index (χ0) is 19.6. The number of rotatable bonds is 6. The Bertz CT molecular complexity index is 952. The van der Waals surface area contributed by atoms with E-state index in [2.05, 4.69) is 10.3 Å². The van der Waals surface area contributed by atoms with Crippen LogP contribution in [0.25, 0.3) is 0 Å². The number of hydrogen-bond acceptors (Lipinski definition) is 6. The lowest BCUT2D eigenvalue weighted by Gasteiger charge is -2.12. The van der Waals surface area contributed by atoms with Crippen LogP contribution in [0.15, 0.2) is 34.5 Å². The molecule has 1 fully saturated rings. The minimum Gasteiger partial charge on any atom is -0.326 e. The van der Waals surface area contributed by atoms with Crippen molar-refractivity contribution < 1.29 is 18.0 Å². The van der Waals surface area contributed by atoms with Crippen LogP contribution in [0.1, 0.15) is 18.5 Å². The van der Waals surface area contributed by atoms with Gasteiger partial charge in [0.2, 0.25) is 21.8 Å². The Morgan fingerprint density at radius 3 is 2.59 bits per heavy atom. The third-order valence-electron chi connectivity index (χ3n) is 4.10. The molecule has 0 spiro atoms. The number of benzene rings is 1. The van der Waals surface area contributed by atoms with Gasteiger partial charge in [0, 0.05) is 38.1 Å². The van der Waals surface area contributed by atoms with Crippen LogP contribution in [0, 0.1) is 0 Å². The number of nitrogens with zero attached hydrogens (tertiary/aromatic N) is 3. The molecule has 0 saturated carbocycles. The average Bonchev–Trinajstić information content (AvgIpc) is 3.23. The molecule has 27 heavy (non-hydrogen) atoms. The van der Waals surface area contributed by atoms with Gasteiger partial charge in [0.15, 0.2) is 5.13 Å². The van der Waals surface area contributed by atoms with Crippen molar-refractivity contribution in [3.63, 3.8) is 0 Å². The summed E-state index contributed by atoms with van der Waals surface area (Å²) in [7, 11) is -0.578. The van der Waals surface area contributed by atoms with Crippen LogP contribution >= 0.6 is 11.3 Å². The summed E-state index contributed by atoms with van der Waals surface area (Å²) >= 11 is 1.35. The van der Waals surface area contributed by atoms with Crippen molar-refractivity contribution in [2.45, 2.75) is 24.2 Å². The van der Waals surface area contributed by atoms with E-state index in [1.54, 1.807) is 22.4 Å². The van der Waals surface area contributed by atoms with E-state index in [4.69, 9.17) is 0 Å². The van der Waals surface area contributed by atoms with Crippen molar-refractivity contribution in [1.29, 1.82) is 0 Å². The van der Waals surface area contributed by atoms with Gasteiger partial charge in [0.25, 0.3) is 0 Å². The predicted molar refractivity (Wildman–Crippen MR) is 103 cm³/mol. The van der Waals surface area contributed by atoms with Gasteiger partial charge in [-0.05, 0) is 30.7 Å². The summed E-state index contributed by atoms with van der Waals surface area (Å²) in [6.07, 6.45) is 1.44. The molecule has 2 heterocycles. The van der Waals surface area contributed by atoms with E-state index in [1.807, 2.05) is 0 Å². The molecule has 0 unspecified atom stereocenters. The largest absolute Gasteiger partial charge is 0.326 e. The quantitative estimate of drug-likeness (QED) is 0.784. The summed E-state index contributed by atoms with van der Waals surface area (Å²) in [5.74, 6) is -0.198. The molecule has 144 valence electrons. The Kier molecular flexibility index (Phi) is 5.59. The molecule has 1 saturated heterocycles. The van der Waals surface area contributed by atoms with Crippen LogP contribution in [0.4, 0.5) is 10.8 Å². The standard InChI is InChI=1S/C17H20N4O4S2/c1-20(2)27(24,25)14-7-5-12(6-8-14)18-15(22)10-13-11-26-17(19-13)21-9-3-4-16(21)23/h5-8,11H,3-4,9-10H2,1-2H3,(H,18,22). The minimum atomic E-state index is -3.50.